The fourth-order valence-electron chi connectivity index (χ4n) is 1.21. The van der Waals surface area contributed by atoms with E-state index >= 15 is 0 Å². The van der Waals surface area contributed by atoms with E-state index in [0.717, 1.165) is 0 Å². The minimum Gasteiger partial charge on any atom is -0.340 e. The molecule has 0 aromatic carbocycles. The molecule has 0 saturated heterocycles. The lowest BCUT2D eigenvalue weighted by molar-refractivity contribution is -0.130. The molecule has 15 heavy (non-hydrogen) atoms. The van der Waals surface area contributed by atoms with Crippen molar-refractivity contribution in [1.29, 1.82) is 0 Å². The van der Waals surface area contributed by atoms with E-state index in [1.54, 1.807) is 16.2 Å². The summed E-state index contributed by atoms with van der Waals surface area (Å²) < 4.78 is 0. The monoisotopic (exact) mass is 289 g/mol. The molecule has 0 aliphatic rings. The van der Waals surface area contributed by atoms with E-state index in [0.29, 0.717) is 12.5 Å². The average Bonchev–Trinajstić information content (AvgIpc) is 2.67. The minimum absolute atomic E-state index is 0.0811. The molecule has 0 aliphatic heterocycles. The van der Waals surface area contributed by atoms with Crippen molar-refractivity contribution in [2.75, 3.05) is 7.05 Å². The van der Waals surface area contributed by atoms with Crippen molar-refractivity contribution in [1.82, 2.24) is 4.90 Å². The Balaban J connectivity index is 2.54. The van der Waals surface area contributed by atoms with E-state index < -0.39 is 0 Å². The maximum atomic E-state index is 11.9. The normalized spacial score (nSPS) is 12.9. The molecule has 4 heteroatoms. The smallest absolute Gasteiger partial charge is 0.236 e. The Morgan fingerprint density at radius 2 is 2.27 bits per heavy atom. The van der Waals surface area contributed by atoms with Crippen LogP contribution in [0.2, 0.25) is 0 Å². The van der Waals surface area contributed by atoms with Crippen LogP contribution in [0.5, 0.6) is 0 Å². The largest absolute Gasteiger partial charge is 0.340 e. The van der Waals surface area contributed by atoms with Gasteiger partial charge < -0.3 is 4.90 Å². The third-order valence-corrected chi connectivity index (χ3v) is 4.48. The summed E-state index contributed by atoms with van der Waals surface area (Å²) >= 11 is 5.10. The van der Waals surface area contributed by atoms with Crippen LogP contribution < -0.4 is 0 Å². The predicted octanol–water partition coefficient (Wildman–Crippen LogP) is 3.13. The Bertz CT molecular complexity index is 310. The van der Waals surface area contributed by atoms with E-state index in [1.165, 1.54) is 4.88 Å². The molecule has 0 radical (unpaired) electrons. The molecule has 1 unspecified atom stereocenters. The van der Waals surface area contributed by atoms with Crippen molar-refractivity contribution in [3.05, 3.63) is 22.4 Å². The van der Waals surface area contributed by atoms with Crippen molar-refractivity contribution >= 4 is 33.2 Å². The van der Waals surface area contributed by atoms with E-state index in [-0.39, 0.29) is 10.7 Å². The van der Waals surface area contributed by atoms with Gasteiger partial charge in [-0.05, 0) is 17.4 Å². The van der Waals surface area contributed by atoms with Gasteiger partial charge in [-0.25, -0.2) is 0 Å². The van der Waals surface area contributed by atoms with Gasteiger partial charge in [0.25, 0.3) is 0 Å². The number of carbonyl (C=O) groups excluding carboxylic acids is 1. The minimum atomic E-state index is -0.0811. The topological polar surface area (TPSA) is 20.3 Å². The number of nitrogens with zero attached hydrogens (tertiary/aromatic N) is 1. The molecule has 0 N–H and O–H groups in total. The summed E-state index contributed by atoms with van der Waals surface area (Å²) in [5, 5.41) is 2.03. The number of thiophene rings is 1. The maximum absolute atomic E-state index is 11.9. The lowest BCUT2D eigenvalue weighted by Crippen LogP contribution is -2.35. The van der Waals surface area contributed by atoms with Gasteiger partial charge in [-0.3, -0.25) is 4.79 Å². The quantitative estimate of drug-likeness (QED) is 0.780. The molecule has 1 atom stereocenters. The van der Waals surface area contributed by atoms with Crippen LogP contribution in [0, 0.1) is 5.92 Å². The third-order valence-electron chi connectivity index (χ3n) is 2.17. The van der Waals surface area contributed by atoms with Crippen LogP contribution in [0.15, 0.2) is 17.5 Å². The number of rotatable bonds is 4. The Labute approximate surface area is 103 Å². The average molecular weight is 290 g/mol. The summed E-state index contributed by atoms with van der Waals surface area (Å²) in [6, 6.07) is 4.05. The van der Waals surface area contributed by atoms with Gasteiger partial charge in [-0.15, -0.1) is 11.3 Å². The molecule has 0 spiro atoms. The molecule has 1 amide bonds. The SMILES string of the molecule is CC(C)C(Br)C(=O)N(C)Cc1cccs1. The second-order valence-corrected chi connectivity index (χ2v) is 5.94. The van der Waals surface area contributed by atoms with Gasteiger partial charge in [0.05, 0.1) is 11.4 Å². The van der Waals surface area contributed by atoms with Crippen molar-refractivity contribution in [2.24, 2.45) is 5.92 Å². The zero-order valence-corrected chi connectivity index (χ0v) is 11.6. The number of hydrogen-bond acceptors (Lipinski definition) is 2. The molecule has 0 bridgehead atoms. The molecule has 1 aromatic heterocycles. The Kier molecular flexibility index (Phi) is 4.80. The highest BCUT2D eigenvalue weighted by atomic mass is 79.9. The standard InChI is InChI=1S/C11H16BrNOS/c1-8(2)10(12)11(14)13(3)7-9-5-4-6-15-9/h4-6,8,10H,7H2,1-3H3. The number of amides is 1. The van der Waals surface area contributed by atoms with Gasteiger partial charge in [0.1, 0.15) is 0 Å². The Hall–Kier alpha value is -0.350. The summed E-state index contributed by atoms with van der Waals surface area (Å²) in [5.74, 6) is 0.474. The van der Waals surface area contributed by atoms with E-state index in [4.69, 9.17) is 0 Å². The van der Waals surface area contributed by atoms with Crippen molar-refractivity contribution in [3.8, 4) is 0 Å². The van der Waals surface area contributed by atoms with Gasteiger partial charge >= 0.3 is 0 Å². The molecular formula is C11H16BrNOS. The van der Waals surface area contributed by atoms with Crippen LogP contribution in [0.25, 0.3) is 0 Å². The summed E-state index contributed by atoms with van der Waals surface area (Å²) in [7, 11) is 1.85. The first-order valence-corrected chi connectivity index (χ1v) is 6.73. The molecule has 2 nitrogen and oxygen atoms in total. The molecule has 1 rings (SSSR count). The molecule has 0 saturated carbocycles. The van der Waals surface area contributed by atoms with Crippen LogP contribution in [0.1, 0.15) is 18.7 Å². The molecule has 0 aliphatic carbocycles. The van der Waals surface area contributed by atoms with Crippen LogP contribution in [0.4, 0.5) is 0 Å². The van der Waals surface area contributed by atoms with Crippen LogP contribution in [-0.2, 0) is 11.3 Å². The van der Waals surface area contributed by atoms with Gasteiger partial charge in [-0.2, -0.15) is 0 Å². The first-order valence-electron chi connectivity index (χ1n) is 4.93. The van der Waals surface area contributed by atoms with Gasteiger partial charge in [0, 0.05) is 11.9 Å². The second kappa shape index (κ2) is 5.66. The van der Waals surface area contributed by atoms with Gasteiger partial charge in [0.15, 0.2) is 0 Å². The fourth-order valence-corrected chi connectivity index (χ4v) is 2.32. The van der Waals surface area contributed by atoms with Crippen molar-refractivity contribution in [3.63, 3.8) is 0 Å². The summed E-state index contributed by atoms with van der Waals surface area (Å²) in [4.78, 5) is 14.8. The molecule has 0 fully saturated rings. The molecular weight excluding hydrogens is 274 g/mol. The second-order valence-electron chi connectivity index (χ2n) is 3.92. The highest BCUT2D eigenvalue weighted by Crippen LogP contribution is 2.17. The van der Waals surface area contributed by atoms with Crippen LogP contribution >= 0.6 is 27.3 Å². The molecule has 84 valence electrons. The van der Waals surface area contributed by atoms with Gasteiger partial charge in [0.2, 0.25) is 5.91 Å². The zero-order chi connectivity index (χ0) is 11.4. The number of halogens is 1. The zero-order valence-electron chi connectivity index (χ0n) is 9.24. The van der Waals surface area contributed by atoms with E-state index in [1.807, 2.05) is 38.4 Å². The van der Waals surface area contributed by atoms with Gasteiger partial charge in [-0.1, -0.05) is 35.8 Å². The highest BCUT2D eigenvalue weighted by molar-refractivity contribution is 9.10. The number of carbonyl (C=O) groups is 1. The predicted molar refractivity (Wildman–Crippen MR) is 68.3 cm³/mol. The lowest BCUT2D eigenvalue weighted by atomic mass is 10.1. The fraction of sp³-hybridized carbons (Fsp3) is 0.545. The first-order chi connectivity index (χ1) is 7.02. The lowest BCUT2D eigenvalue weighted by Gasteiger charge is -2.21. The highest BCUT2D eigenvalue weighted by Gasteiger charge is 2.22. The van der Waals surface area contributed by atoms with Crippen LogP contribution in [-0.4, -0.2) is 22.7 Å². The molecule has 1 aromatic rings. The number of hydrogen-bond donors (Lipinski definition) is 0. The summed E-state index contributed by atoms with van der Waals surface area (Å²) in [6.45, 7) is 4.78. The number of alkyl halides is 1. The Morgan fingerprint density at radius 3 is 2.73 bits per heavy atom. The van der Waals surface area contributed by atoms with Crippen LogP contribution in [0.3, 0.4) is 0 Å². The Morgan fingerprint density at radius 1 is 1.60 bits per heavy atom. The summed E-state index contributed by atoms with van der Waals surface area (Å²) in [5.41, 5.74) is 0. The third kappa shape index (κ3) is 3.61. The van der Waals surface area contributed by atoms with E-state index in [9.17, 15) is 4.79 Å². The van der Waals surface area contributed by atoms with Crippen molar-refractivity contribution in [2.45, 2.75) is 25.2 Å². The first kappa shape index (κ1) is 12.7. The van der Waals surface area contributed by atoms with Crippen molar-refractivity contribution < 1.29 is 4.79 Å². The van der Waals surface area contributed by atoms with E-state index in [2.05, 4.69) is 15.9 Å². The molecule has 1 heterocycles. The maximum Gasteiger partial charge on any atom is 0.236 e. The summed E-state index contributed by atoms with van der Waals surface area (Å²) in [6.07, 6.45) is 0.